The topological polar surface area (TPSA) is 143 Å². The average Bonchev–Trinajstić information content (AvgIpc) is 2.98. The lowest BCUT2D eigenvalue weighted by molar-refractivity contribution is -0.384. The van der Waals surface area contributed by atoms with Gasteiger partial charge in [-0.2, -0.15) is 5.26 Å². The minimum absolute atomic E-state index is 0.101. The molecule has 10 nitrogen and oxygen atoms in total. The van der Waals surface area contributed by atoms with Gasteiger partial charge in [-0.05, 0) is 54.1 Å². The summed E-state index contributed by atoms with van der Waals surface area (Å²) in [6.07, 6.45) is 0. The first kappa shape index (κ1) is 25.0. The first-order chi connectivity index (χ1) is 19.0. The zero-order valence-corrected chi connectivity index (χ0v) is 20.3. The quantitative estimate of drug-likeness (QED) is 0.240. The Morgan fingerprint density at radius 3 is 2.26 bits per heavy atom. The van der Waals surface area contributed by atoms with Crippen LogP contribution in [-0.2, 0) is 0 Å². The number of nitro benzene ring substituents is 1. The summed E-state index contributed by atoms with van der Waals surface area (Å²) in [6, 6.07) is 29.5. The minimum Gasteiger partial charge on any atom is -0.286 e. The minimum atomic E-state index is -0.926. The maximum absolute atomic E-state index is 13.5. The van der Waals surface area contributed by atoms with E-state index in [2.05, 4.69) is 10.9 Å². The van der Waals surface area contributed by atoms with Crippen LogP contribution in [0.2, 0.25) is 0 Å². The number of fused-ring (bicyclic) bond motifs is 1. The van der Waals surface area contributed by atoms with Gasteiger partial charge >= 0.3 is 0 Å². The van der Waals surface area contributed by atoms with E-state index in [0.29, 0.717) is 28.0 Å². The van der Waals surface area contributed by atoms with Crippen LogP contribution in [0.1, 0.15) is 22.0 Å². The summed E-state index contributed by atoms with van der Waals surface area (Å²) < 4.78 is 1.51. The van der Waals surface area contributed by atoms with E-state index >= 15 is 0 Å². The molecule has 39 heavy (non-hydrogen) atoms. The van der Waals surface area contributed by atoms with Crippen LogP contribution in [0.5, 0.6) is 0 Å². The first-order valence-corrected chi connectivity index (χ1v) is 11.8. The van der Waals surface area contributed by atoms with Gasteiger partial charge in [0.2, 0.25) is 0 Å². The average molecular weight is 517 g/mol. The molecule has 10 heteroatoms. The Kier molecular flexibility index (Phi) is 6.90. The van der Waals surface area contributed by atoms with Crippen LogP contribution in [-0.4, -0.2) is 20.4 Å². The lowest BCUT2D eigenvalue weighted by atomic mass is 10.1. The Labute approximate surface area is 221 Å². The zero-order valence-electron chi connectivity index (χ0n) is 20.3. The second-order valence-electron chi connectivity index (χ2n) is 8.52. The molecule has 0 fully saturated rings. The zero-order chi connectivity index (χ0) is 27.4. The standard InChI is InChI=1S/C29H20N6O4/c30-18-26(19-10-16-23(17-11-19)35(38)39)32-33-28(36)21-12-14-22(15-13-21)34-27(20-6-2-1-3-7-20)31-25-9-5-4-8-24(25)29(34)37/h1-17,26,32H,(H,33,36). The number of hydrogen-bond acceptors (Lipinski definition) is 7. The van der Waals surface area contributed by atoms with Gasteiger partial charge in [0.05, 0.1) is 27.6 Å². The van der Waals surface area contributed by atoms with Crippen molar-refractivity contribution in [1.82, 2.24) is 20.4 Å². The van der Waals surface area contributed by atoms with E-state index in [0.717, 1.165) is 5.56 Å². The highest BCUT2D eigenvalue weighted by Gasteiger charge is 2.17. The molecule has 0 bridgehead atoms. The molecular weight excluding hydrogens is 496 g/mol. The van der Waals surface area contributed by atoms with Crippen molar-refractivity contribution < 1.29 is 9.72 Å². The number of nitrogens with zero attached hydrogens (tertiary/aromatic N) is 4. The third-order valence-electron chi connectivity index (χ3n) is 6.09. The Morgan fingerprint density at radius 1 is 0.923 bits per heavy atom. The van der Waals surface area contributed by atoms with E-state index in [9.17, 15) is 25.0 Å². The molecule has 1 unspecified atom stereocenters. The lowest BCUT2D eigenvalue weighted by Crippen LogP contribution is -2.39. The maximum Gasteiger partial charge on any atom is 0.269 e. The molecule has 1 amide bonds. The number of nitriles is 1. The number of carbonyl (C=O) groups excluding carboxylic acids is 1. The van der Waals surface area contributed by atoms with E-state index < -0.39 is 16.9 Å². The van der Waals surface area contributed by atoms with E-state index in [1.165, 1.54) is 28.8 Å². The number of non-ortho nitro benzene ring substituents is 1. The van der Waals surface area contributed by atoms with E-state index in [-0.39, 0.29) is 16.8 Å². The molecule has 0 aliphatic rings. The molecule has 5 aromatic rings. The van der Waals surface area contributed by atoms with Crippen molar-refractivity contribution in [3.05, 3.63) is 135 Å². The van der Waals surface area contributed by atoms with Gasteiger partial charge in [0.15, 0.2) is 0 Å². The predicted octanol–water partition coefficient (Wildman–Crippen LogP) is 4.46. The Morgan fingerprint density at radius 2 is 1.59 bits per heavy atom. The molecule has 1 heterocycles. The number of hydrazine groups is 1. The lowest BCUT2D eigenvalue weighted by Gasteiger charge is -2.15. The van der Waals surface area contributed by atoms with Crippen LogP contribution in [0.25, 0.3) is 28.0 Å². The third kappa shape index (κ3) is 5.11. The highest BCUT2D eigenvalue weighted by Crippen LogP contribution is 2.22. The number of carbonyl (C=O) groups is 1. The van der Waals surface area contributed by atoms with Gasteiger partial charge in [-0.25, -0.2) is 10.4 Å². The maximum atomic E-state index is 13.5. The van der Waals surface area contributed by atoms with E-state index in [1.54, 1.807) is 42.5 Å². The van der Waals surface area contributed by atoms with Crippen molar-refractivity contribution in [2.24, 2.45) is 0 Å². The fourth-order valence-electron chi connectivity index (χ4n) is 4.10. The number of rotatable bonds is 7. The Hall–Kier alpha value is -5.66. The number of nitrogens with one attached hydrogen (secondary N) is 2. The summed E-state index contributed by atoms with van der Waals surface area (Å²) in [5, 5.41) is 20.8. The van der Waals surface area contributed by atoms with E-state index in [4.69, 9.17) is 4.98 Å². The highest BCUT2D eigenvalue weighted by molar-refractivity contribution is 5.94. The third-order valence-corrected chi connectivity index (χ3v) is 6.09. The molecule has 0 saturated heterocycles. The van der Waals surface area contributed by atoms with Gasteiger partial charge in [-0.15, -0.1) is 0 Å². The number of hydrogen-bond donors (Lipinski definition) is 2. The molecular formula is C29H20N6O4. The summed E-state index contributed by atoms with van der Waals surface area (Å²) >= 11 is 0. The molecule has 1 aromatic heterocycles. The molecule has 5 rings (SSSR count). The molecule has 0 spiro atoms. The summed E-state index contributed by atoms with van der Waals surface area (Å²) in [5.41, 5.74) is 7.41. The van der Waals surface area contributed by atoms with Gasteiger partial charge in [0.1, 0.15) is 11.9 Å². The van der Waals surface area contributed by atoms with Crippen molar-refractivity contribution in [1.29, 1.82) is 5.26 Å². The molecule has 190 valence electrons. The molecule has 0 aliphatic carbocycles. The van der Waals surface area contributed by atoms with Crippen LogP contribution in [0, 0.1) is 21.4 Å². The predicted molar refractivity (Wildman–Crippen MR) is 145 cm³/mol. The number of amides is 1. The molecule has 0 radical (unpaired) electrons. The normalized spacial score (nSPS) is 11.5. The Balaban J connectivity index is 1.40. The fourth-order valence-corrected chi connectivity index (χ4v) is 4.10. The van der Waals surface area contributed by atoms with Crippen molar-refractivity contribution in [2.75, 3.05) is 0 Å². The summed E-state index contributed by atoms with van der Waals surface area (Å²) in [6.45, 7) is 0. The van der Waals surface area contributed by atoms with Crippen molar-refractivity contribution in [3.63, 3.8) is 0 Å². The second-order valence-corrected chi connectivity index (χ2v) is 8.52. The molecule has 0 saturated carbocycles. The SMILES string of the molecule is N#CC(NNC(=O)c1ccc(-n2c(-c3ccccc3)nc3ccccc3c2=O)cc1)c1ccc([N+](=O)[O-])cc1. The van der Waals surface area contributed by atoms with Crippen LogP contribution >= 0.6 is 0 Å². The van der Waals surface area contributed by atoms with Crippen LogP contribution in [0.15, 0.2) is 108 Å². The number of benzene rings is 4. The highest BCUT2D eigenvalue weighted by atomic mass is 16.6. The summed E-state index contributed by atoms with van der Waals surface area (Å²) in [4.78, 5) is 41.3. The van der Waals surface area contributed by atoms with Crippen molar-refractivity contribution in [2.45, 2.75) is 6.04 Å². The van der Waals surface area contributed by atoms with Crippen molar-refractivity contribution in [3.8, 4) is 23.1 Å². The largest absolute Gasteiger partial charge is 0.286 e. The van der Waals surface area contributed by atoms with Gasteiger partial charge in [0, 0.05) is 23.3 Å². The van der Waals surface area contributed by atoms with Gasteiger partial charge in [-0.1, -0.05) is 42.5 Å². The number of aromatic nitrogens is 2. The Bertz CT molecular complexity index is 1780. The number of nitro groups is 1. The van der Waals surface area contributed by atoms with Gasteiger partial charge in [-0.3, -0.25) is 29.7 Å². The monoisotopic (exact) mass is 516 g/mol. The number of para-hydroxylation sites is 1. The molecule has 2 N–H and O–H groups in total. The molecule has 4 aromatic carbocycles. The molecule has 1 atom stereocenters. The van der Waals surface area contributed by atoms with Crippen LogP contribution in [0.3, 0.4) is 0 Å². The summed E-state index contributed by atoms with van der Waals surface area (Å²) in [5.74, 6) is -0.0332. The second kappa shape index (κ2) is 10.8. The van der Waals surface area contributed by atoms with E-state index in [1.807, 2.05) is 42.5 Å². The summed E-state index contributed by atoms with van der Waals surface area (Å²) in [7, 11) is 0. The van der Waals surface area contributed by atoms with Gasteiger partial charge < -0.3 is 0 Å². The van der Waals surface area contributed by atoms with Crippen LogP contribution in [0.4, 0.5) is 5.69 Å². The van der Waals surface area contributed by atoms with Crippen LogP contribution < -0.4 is 16.4 Å². The van der Waals surface area contributed by atoms with Gasteiger partial charge in [0.25, 0.3) is 17.2 Å². The molecule has 0 aliphatic heterocycles. The first-order valence-electron chi connectivity index (χ1n) is 11.8. The smallest absolute Gasteiger partial charge is 0.269 e. The van der Waals surface area contributed by atoms with Crippen molar-refractivity contribution >= 4 is 22.5 Å². The fraction of sp³-hybridized carbons (Fsp3) is 0.0345.